The first-order valence-corrected chi connectivity index (χ1v) is 10.1. The van der Waals surface area contributed by atoms with Gasteiger partial charge in [0, 0.05) is 26.2 Å². The molecule has 1 aliphatic rings. The second kappa shape index (κ2) is 8.51. The molecule has 0 spiro atoms. The molecule has 4 rings (SSSR count). The third-order valence-electron chi connectivity index (χ3n) is 5.28. The number of nitrogens with zero attached hydrogens (tertiary/aromatic N) is 6. The van der Waals surface area contributed by atoms with Crippen molar-refractivity contribution in [3.05, 3.63) is 47.8 Å². The molecule has 0 saturated carbocycles. The minimum Gasteiger partial charge on any atom is -0.461 e. The van der Waals surface area contributed by atoms with Gasteiger partial charge in [0.15, 0.2) is 11.3 Å². The predicted octanol–water partition coefficient (Wildman–Crippen LogP) is 2.55. The van der Waals surface area contributed by atoms with Gasteiger partial charge in [-0.25, -0.2) is 14.5 Å². The second-order valence-electron chi connectivity index (χ2n) is 7.20. The Kier molecular flexibility index (Phi) is 5.63. The number of fused-ring (bicyclic) bond motifs is 1. The van der Waals surface area contributed by atoms with E-state index in [1.807, 2.05) is 43.3 Å². The molecule has 8 heteroatoms. The first-order chi connectivity index (χ1) is 14.6. The van der Waals surface area contributed by atoms with E-state index in [-0.39, 0.29) is 12.3 Å². The molecule has 1 aliphatic heterocycles. The Hall–Kier alpha value is -3.44. The Morgan fingerprint density at radius 2 is 1.93 bits per heavy atom. The number of aryl methyl sites for hydroxylation is 1. The Bertz CT molecular complexity index is 1090. The van der Waals surface area contributed by atoms with Crippen LogP contribution in [-0.4, -0.2) is 65.0 Å². The Morgan fingerprint density at radius 3 is 2.60 bits per heavy atom. The van der Waals surface area contributed by atoms with Gasteiger partial charge in [-0.2, -0.15) is 10.4 Å². The number of anilines is 1. The lowest BCUT2D eigenvalue weighted by Crippen LogP contribution is -2.46. The van der Waals surface area contributed by atoms with E-state index < -0.39 is 5.97 Å². The van der Waals surface area contributed by atoms with E-state index >= 15 is 0 Å². The normalized spacial score (nSPS) is 14.6. The number of esters is 1. The molecule has 30 heavy (non-hydrogen) atoms. The van der Waals surface area contributed by atoms with Crippen LogP contribution in [0, 0.1) is 18.3 Å². The Labute approximate surface area is 175 Å². The summed E-state index contributed by atoms with van der Waals surface area (Å²) in [7, 11) is 0. The highest BCUT2D eigenvalue weighted by atomic mass is 16.5. The van der Waals surface area contributed by atoms with Crippen LogP contribution in [0.1, 0.15) is 23.1 Å². The number of piperazine rings is 1. The summed E-state index contributed by atoms with van der Waals surface area (Å²) in [6.07, 6.45) is 0. The SMILES string of the molecule is CCOC(=O)c1cc(N2CCN(CC#N)CC2)c2c(C)nn(-c3ccccc3)c2n1. The first kappa shape index (κ1) is 19.9. The molecule has 3 heterocycles. The fraction of sp³-hybridized carbons (Fsp3) is 0.364. The Balaban J connectivity index is 1.83. The Morgan fingerprint density at radius 1 is 1.20 bits per heavy atom. The molecule has 0 amide bonds. The van der Waals surface area contributed by atoms with Crippen molar-refractivity contribution < 1.29 is 9.53 Å². The van der Waals surface area contributed by atoms with Gasteiger partial charge < -0.3 is 9.64 Å². The predicted molar refractivity (Wildman–Crippen MR) is 114 cm³/mol. The standard InChI is InChI=1S/C22H24N6O2/c1-3-30-22(29)18-15-19(27-13-11-26(10-9-23)12-14-27)20-16(2)25-28(21(20)24-18)17-7-5-4-6-8-17/h4-8,15H,3,10-14H2,1-2H3. The maximum Gasteiger partial charge on any atom is 0.357 e. The van der Waals surface area contributed by atoms with Gasteiger partial charge in [0.2, 0.25) is 0 Å². The number of ether oxygens (including phenoxy) is 1. The van der Waals surface area contributed by atoms with Crippen molar-refractivity contribution in [2.24, 2.45) is 0 Å². The summed E-state index contributed by atoms with van der Waals surface area (Å²) in [4.78, 5) is 21.5. The van der Waals surface area contributed by atoms with Gasteiger partial charge in [0.25, 0.3) is 0 Å². The number of para-hydroxylation sites is 1. The van der Waals surface area contributed by atoms with Gasteiger partial charge in [-0.15, -0.1) is 0 Å². The molecule has 0 bridgehead atoms. The van der Waals surface area contributed by atoms with Gasteiger partial charge in [-0.1, -0.05) is 18.2 Å². The lowest BCUT2D eigenvalue weighted by atomic mass is 10.1. The third kappa shape index (κ3) is 3.72. The smallest absolute Gasteiger partial charge is 0.357 e. The molecule has 3 aromatic rings. The molecule has 0 atom stereocenters. The minimum absolute atomic E-state index is 0.274. The van der Waals surface area contributed by atoms with E-state index in [4.69, 9.17) is 15.1 Å². The number of hydrogen-bond acceptors (Lipinski definition) is 7. The molecule has 1 fully saturated rings. The van der Waals surface area contributed by atoms with Crippen LogP contribution in [0.25, 0.3) is 16.7 Å². The molecule has 0 aliphatic carbocycles. The van der Waals surface area contributed by atoms with Crippen molar-refractivity contribution in [3.8, 4) is 11.8 Å². The molecule has 0 radical (unpaired) electrons. The summed E-state index contributed by atoms with van der Waals surface area (Å²) >= 11 is 0. The second-order valence-corrected chi connectivity index (χ2v) is 7.20. The van der Waals surface area contributed by atoms with Crippen LogP contribution in [0.2, 0.25) is 0 Å². The van der Waals surface area contributed by atoms with Crippen LogP contribution in [0.15, 0.2) is 36.4 Å². The van der Waals surface area contributed by atoms with Crippen molar-refractivity contribution >= 4 is 22.7 Å². The molecule has 0 N–H and O–H groups in total. The summed E-state index contributed by atoms with van der Waals surface area (Å²) in [5.74, 6) is -0.442. The van der Waals surface area contributed by atoms with Crippen molar-refractivity contribution in [3.63, 3.8) is 0 Å². The van der Waals surface area contributed by atoms with E-state index in [0.29, 0.717) is 12.2 Å². The van der Waals surface area contributed by atoms with Gasteiger partial charge in [0.1, 0.15) is 0 Å². The summed E-state index contributed by atoms with van der Waals surface area (Å²) < 4.78 is 7.01. The quantitative estimate of drug-likeness (QED) is 0.477. The minimum atomic E-state index is -0.442. The summed E-state index contributed by atoms with van der Waals surface area (Å²) in [6.45, 7) is 7.57. The maximum absolute atomic E-state index is 12.5. The zero-order chi connectivity index (χ0) is 21.1. The van der Waals surface area contributed by atoms with Crippen LogP contribution in [-0.2, 0) is 4.74 Å². The maximum atomic E-state index is 12.5. The zero-order valence-electron chi connectivity index (χ0n) is 17.2. The largest absolute Gasteiger partial charge is 0.461 e. The monoisotopic (exact) mass is 404 g/mol. The average Bonchev–Trinajstić information content (AvgIpc) is 3.11. The van der Waals surface area contributed by atoms with E-state index in [9.17, 15) is 4.79 Å². The van der Waals surface area contributed by atoms with E-state index in [1.54, 1.807) is 11.6 Å². The molecule has 0 unspecified atom stereocenters. The highest BCUT2D eigenvalue weighted by Crippen LogP contribution is 2.32. The van der Waals surface area contributed by atoms with Gasteiger partial charge >= 0.3 is 5.97 Å². The van der Waals surface area contributed by atoms with Crippen LogP contribution >= 0.6 is 0 Å². The lowest BCUT2D eigenvalue weighted by Gasteiger charge is -2.35. The topological polar surface area (TPSA) is 87.3 Å². The van der Waals surface area contributed by atoms with Gasteiger partial charge in [-0.3, -0.25) is 4.90 Å². The summed E-state index contributed by atoms with van der Waals surface area (Å²) in [6, 6.07) is 13.8. The van der Waals surface area contributed by atoms with Gasteiger partial charge in [-0.05, 0) is 32.0 Å². The molecule has 1 aromatic carbocycles. The lowest BCUT2D eigenvalue weighted by molar-refractivity contribution is 0.0520. The van der Waals surface area contributed by atoms with Crippen LogP contribution in [0.4, 0.5) is 5.69 Å². The number of rotatable bonds is 5. The number of carbonyl (C=O) groups is 1. The average molecular weight is 404 g/mol. The van der Waals surface area contributed by atoms with Crippen LogP contribution in [0.5, 0.6) is 0 Å². The molecule has 8 nitrogen and oxygen atoms in total. The van der Waals surface area contributed by atoms with Gasteiger partial charge in [0.05, 0.1) is 41.7 Å². The number of benzene rings is 1. The molecule has 1 saturated heterocycles. The highest BCUT2D eigenvalue weighted by Gasteiger charge is 2.25. The van der Waals surface area contributed by atoms with Crippen molar-refractivity contribution in [2.75, 3.05) is 44.2 Å². The summed E-state index contributed by atoms with van der Waals surface area (Å²) in [5.41, 5.74) is 3.58. The number of hydrogen-bond donors (Lipinski definition) is 0. The number of pyridine rings is 1. The van der Waals surface area contributed by atoms with Crippen LogP contribution < -0.4 is 4.90 Å². The first-order valence-electron chi connectivity index (χ1n) is 10.1. The zero-order valence-corrected chi connectivity index (χ0v) is 17.2. The third-order valence-corrected chi connectivity index (χ3v) is 5.28. The van der Waals surface area contributed by atoms with E-state index in [2.05, 4.69) is 20.9 Å². The molecule has 154 valence electrons. The number of carbonyl (C=O) groups excluding carboxylic acids is 1. The van der Waals surface area contributed by atoms with Crippen molar-refractivity contribution in [1.29, 1.82) is 5.26 Å². The molecular formula is C22H24N6O2. The molecular weight excluding hydrogens is 380 g/mol. The molecule has 2 aromatic heterocycles. The summed E-state index contributed by atoms with van der Waals surface area (Å²) in [5, 5.41) is 14.6. The fourth-order valence-electron chi connectivity index (χ4n) is 3.82. The fourth-order valence-corrected chi connectivity index (χ4v) is 3.82. The number of nitriles is 1. The van der Waals surface area contributed by atoms with E-state index in [0.717, 1.165) is 48.6 Å². The highest BCUT2D eigenvalue weighted by molar-refractivity contribution is 5.98. The van der Waals surface area contributed by atoms with E-state index in [1.165, 1.54) is 0 Å². The number of aromatic nitrogens is 3. The van der Waals surface area contributed by atoms with Crippen molar-refractivity contribution in [1.82, 2.24) is 19.7 Å². The van der Waals surface area contributed by atoms with Crippen LogP contribution in [0.3, 0.4) is 0 Å². The van der Waals surface area contributed by atoms with Crippen molar-refractivity contribution in [2.45, 2.75) is 13.8 Å².